The summed E-state index contributed by atoms with van der Waals surface area (Å²) < 4.78 is 5.53. The number of amides is 1. The predicted molar refractivity (Wildman–Crippen MR) is 138 cm³/mol. The topological polar surface area (TPSA) is 60.4 Å². The van der Waals surface area contributed by atoms with E-state index in [2.05, 4.69) is 46.0 Å². The highest BCUT2D eigenvalue weighted by Crippen LogP contribution is 2.28. The molecular formula is C23H38IN5O2. The summed E-state index contributed by atoms with van der Waals surface area (Å²) in [6.07, 6.45) is 3.63. The van der Waals surface area contributed by atoms with E-state index < -0.39 is 0 Å². The molecule has 1 aromatic rings. The normalized spacial score (nSPS) is 18.1. The zero-order valence-electron chi connectivity index (χ0n) is 19.2. The van der Waals surface area contributed by atoms with Crippen LogP contribution in [0.3, 0.4) is 0 Å². The summed E-state index contributed by atoms with van der Waals surface area (Å²) in [6.45, 7) is 10.5. The molecule has 1 aromatic carbocycles. The van der Waals surface area contributed by atoms with Gasteiger partial charge in [-0.05, 0) is 38.3 Å². The molecule has 1 atom stereocenters. The van der Waals surface area contributed by atoms with Gasteiger partial charge >= 0.3 is 0 Å². The second kappa shape index (κ2) is 13.0. The fourth-order valence-corrected chi connectivity index (χ4v) is 4.43. The molecule has 8 heteroatoms. The molecule has 0 aromatic heterocycles. The Bertz CT molecular complexity index is 722. The van der Waals surface area contributed by atoms with Gasteiger partial charge in [0, 0.05) is 58.3 Å². The van der Waals surface area contributed by atoms with Gasteiger partial charge in [0.2, 0.25) is 5.91 Å². The number of hydrogen-bond acceptors (Lipinski definition) is 4. The molecule has 2 aliphatic rings. The zero-order valence-corrected chi connectivity index (χ0v) is 21.5. The van der Waals surface area contributed by atoms with Gasteiger partial charge in [0.25, 0.3) is 0 Å². The van der Waals surface area contributed by atoms with Crippen molar-refractivity contribution in [2.24, 2.45) is 4.99 Å². The number of ether oxygens (including phenoxy) is 1. The maximum absolute atomic E-state index is 12.1. The van der Waals surface area contributed by atoms with Crippen LogP contribution in [0.5, 0.6) is 5.75 Å². The van der Waals surface area contributed by atoms with Crippen LogP contribution in [-0.2, 0) is 4.79 Å². The maximum Gasteiger partial charge on any atom is 0.222 e. The lowest BCUT2D eigenvalue weighted by Gasteiger charge is -2.38. The Hall–Kier alpha value is -1.71. The molecule has 0 spiro atoms. The Morgan fingerprint density at radius 2 is 1.90 bits per heavy atom. The van der Waals surface area contributed by atoms with Crippen molar-refractivity contribution >= 4 is 41.5 Å². The van der Waals surface area contributed by atoms with Crippen molar-refractivity contribution in [3.63, 3.8) is 0 Å². The smallest absolute Gasteiger partial charge is 0.222 e. The summed E-state index contributed by atoms with van der Waals surface area (Å²) in [5.41, 5.74) is 1.16. The molecular weight excluding hydrogens is 505 g/mol. The van der Waals surface area contributed by atoms with E-state index in [0.717, 1.165) is 82.5 Å². The second-order valence-electron chi connectivity index (χ2n) is 7.92. The number of hydrogen-bond donors (Lipinski definition) is 1. The van der Waals surface area contributed by atoms with Crippen molar-refractivity contribution in [3.05, 3.63) is 24.3 Å². The van der Waals surface area contributed by atoms with E-state index in [1.165, 1.54) is 0 Å². The minimum atomic E-state index is 0. The SMILES string of the molecule is CCNC(=NCCC(CC)N1CCCC1=O)N1CCN(c2ccccc2OC)CC1.I. The Kier molecular flexibility index (Phi) is 10.7. The first kappa shape index (κ1) is 25.5. The van der Waals surface area contributed by atoms with Crippen LogP contribution in [0.4, 0.5) is 5.69 Å². The van der Waals surface area contributed by atoms with Crippen molar-refractivity contribution in [1.29, 1.82) is 0 Å². The van der Waals surface area contributed by atoms with E-state index in [0.29, 0.717) is 18.4 Å². The summed E-state index contributed by atoms with van der Waals surface area (Å²) in [5.74, 6) is 2.22. The number of anilines is 1. The molecule has 174 valence electrons. The Morgan fingerprint density at radius 1 is 1.16 bits per heavy atom. The van der Waals surface area contributed by atoms with Crippen molar-refractivity contribution in [1.82, 2.24) is 15.1 Å². The van der Waals surface area contributed by atoms with Crippen LogP contribution in [-0.4, -0.2) is 80.6 Å². The number of methoxy groups -OCH3 is 1. The molecule has 1 unspecified atom stereocenters. The number of nitrogens with zero attached hydrogens (tertiary/aromatic N) is 4. The van der Waals surface area contributed by atoms with Crippen molar-refractivity contribution in [3.8, 4) is 5.75 Å². The monoisotopic (exact) mass is 543 g/mol. The standard InChI is InChI=1S/C23H37N5O2.HI/c1-4-19(28-14-8-11-22(28)29)12-13-25-23(24-5-2)27-17-15-26(16-18-27)20-9-6-7-10-21(20)30-3;/h6-7,9-10,19H,4-5,8,11-18H2,1-3H3,(H,24,25);1H. The van der Waals surface area contributed by atoms with Crippen LogP contribution in [0, 0.1) is 0 Å². The molecule has 1 N–H and O–H groups in total. The van der Waals surface area contributed by atoms with E-state index in [1.54, 1.807) is 7.11 Å². The highest BCUT2D eigenvalue weighted by atomic mass is 127. The number of nitrogens with one attached hydrogen (secondary N) is 1. The third-order valence-electron chi connectivity index (χ3n) is 6.09. The lowest BCUT2D eigenvalue weighted by Crippen LogP contribution is -2.52. The van der Waals surface area contributed by atoms with E-state index in [1.807, 2.05) is 12.1 Å². The molecule has 7 nitrogen and oxygen atoms in total. The average molecular weight is 543 g/mol. The van der Waals surface area contributed by atoms with E-state index >= 15 is 0 Å². The second-order valence-corrected chi connectivity index (χ2v) is 7.92. The number of likely N-dealkylation sites (tertiary alicyclic amines) is 1. The summed E-state index contributed by atoms with van der Waals surface area (Å²) >= 11 is 0. The van der Waals surface area contributed by atoms with Gasteiger partial charge < -0.3 is 24.8 Å². The van der Waals surface area contributed by atoms with Crippen LogP contribution >= 0.6 is 24.0 Å². The van der Waals surface area contributed by atoms with Gasteiger partial charge in [-0.25, -0.2) is 0 Å². The first-order valence-electron chi connectivity index (χ1n) is 11.4. The summed E-state index contributed by atoms with van der Waals surface area (Å²) in [7, 11) is 1.73. The first-order chi connectivity index (χ1) is 14.7. The Morgan fingerprint density at radius 3 is 2.52 bits per heavy atom. The minimum Gasteiger partial charge on any atom is -0.495 e. The number of carbonyl (C=O) groups excluding carboxylic acids is 1. The number of piperazine rings is 1. The molecule has 0 saturated carbocycles. The highest BCUT2D eigenvalue weighted by Gasteiger charge is 2.26. The minimum absolute atomic E-state index is 0. The molecule has 3 rings (SSSR count). The van der Waals surface area contributed by atoms with Crippen LogP contribution < -0.4 is 15.0 Å². The number of para-hydroxylation sites is 2. The number of guanidine groups is 1. The van der Waals surface area contributed by atoms with Crippen LogP contribution in [0.25, 0.3) is 0 Å². The molecule has 1 amide bonds. The summed E-state index contributed by atoms with van der Waals surface area (Å²) in [5, 5.41) is 3.45. The third kappa shape index (κ3) is 6.63. The van der Waals surface area contributed by atoms with Gasteiger partial charge in [0.05, 0.1) is 12.8 Å². The number of aliphatic imine (C=N–C) groups is 1. The van der Waals surface area contributed by atoms with Crippen molar-refractivity contribution in [2.75, 3.05) is 57.8 Å². The van der Waals surface area contributed by atoms with E-state index in [-0.39, 0.29) is 24.0 Å². The van der Waals surface area contributed by atoms with Gasteiger partial charge in [-0.3, -0.25) is 9.79 Å². The van der Waals surface area contributed by atoms with Gasteiger partial charge in [-0.15, -0.1) is 24.0 Å². The van der Waals surface area contributed by atoms with Crippen LogP contribution in [0.1, 0.15) is 39.5 Å². The maximum atomic E-state index is 12.1. The highest BCUT2D eigenvalue weighted by molar-refractivity contribution is 14.0. The van der Waals surface area contributed by atoms with Gasteiger partial charge in [-0.2, -0.15) is 0 Å². The largest absolute Gasteiger partial charge is 0.495 e. The average Bonchev–Trinajstić information content (AvgIpc) is 3.21. The molecule has 0 bridgehead atoms. The first-order valence-corrected chi connectivity index (χ1v) is 11.4. The van der Waals surface area contributed by atoms with Gasteiger partial charge in [-0.1, -0.05) is 19.1 Å². The van der Waals surface area contributed by atoms with Crippen LogP contribution in [0.15, 0.2) is 29.3 Å². The number of benzene rings is 1. The number of carbonyl (C=O) groups is 1. The molecule has 2 aliphatic heterocycles. The number of halogens is 1. The zero-order chi connectivity index (χ0) is 21.3. The lowest BCUT2D eigenvalue weighted by molar-refractivity contribution is -0.129. The summed E-state index contributed by atoms with van der Waals surface area (Å²) in [6, 6.07) is 8.52. The molecule has 31 heavy (non-hydrogen) atoms. The molecule has 2 heterocycles. The van der Waals surface area contributed by atoms with Gasteiger partial charge in [0.15, 0.2) is 5.96 Å². The van der Waals surface area contributed by atoms with Gasteiger partial charge in [0.1, 0.15) is 5.75 Å². The molecule has 0 aliphatic carbocycles. The van der Waals surface area contributed by atoms with Crippen LogP contribution in [0.2, 0.25) is 0 Å². The third-order valence-corrected chi connectivity index (χ3v) is 6.09. The fourth-order valence-electron chi connectivity index (χ4n) is 4.43. The van der Waals surface area contributed by atoms with Crippen molar-refractivity contribution < 1.29 is 9.53 Å². The summed E-state index contributed by atoms with van der Waals surface area (Å²) in [4.78, 5) is 23.8. The van der Waals surface area contributed by atoms with E-state index in [9.17, 15) is 4.79 Å². The molecule has 2 fully saturated rings. The lowest BCUT2D eigenvalue weighted by atomic mass is 10.1. The molecule has 2 saturated heterocycles. The predicted octanol–water partition coefficient (Wildman–Crippen LogP) is 3.19. The van der Waals surface area contributed by atoms with E-state index in [4.69, 9.17) is 9.73 Å². The molecule has 0 radical (unpaired) electrons. The fraction of sp³-hybridized carbons (Fsp3) is 0.652. The number of rotatable bonds is 8. The Balaban J connectivity index is 0.00000341. The quantitative estimate of drug-likeness (QED) is 0.310. The Labute approximate surface area is 204 Å². The van der Waals surface area contributed by atoms with Crippen molar-refractivity contribution in [2.45, 2.75) is 45.6 Å².